The fourth-order valence-corrected chi connectivity index (χ4v) is 4.28. The predicted molar refractivity (Wildman–Crippen MR) is 76.5 cm³/mol. The van der Waals surface area contributed by atoms with Gasteiger partial charge in [-0.3, -0.25) is 4.79 Å². The number of nitrogens with one attached hydrogen (secondary N) is 1. The zero-order valence-electron chi connectivity index (χ0n) is 11.6. The first-order chi connectivity index (χ1) is 9.26. The average molecular weight is 321 g/mol. The molecule has 0 radical (unpaired) electrons. The molecule has 114 valence electrons. The van der Waals surface area contributed by atoms with E-state index < -0.39 is 16.0 Å². The molecule has 1 unspecified atom stereocenters. The van der Waals surface area contributed by atoms with Gasteiger partial charge in [0.15, 0.2) is 0 Å². The van der Waals surface area contributed by atoms with E-state index in [1.807, 2.05) is 13.8 Å². The van der Waals surface area contributed by atoms with E-state index in [1.54, 1.807) is 0 Å². The van der Waals surface area contributed by atoms with Gasteiger partial charge in [-0.15, -0.1) is 11.3 Å². The number of hydrogen-bond donors (Lipinski definition) is 2. The van der Waals surface area contributed by atoms with Crippen molar-refractivity contribution in [3.8, 4) is 0 Å². The smallest absolute Gasteiger partial charge is 0.308 e. The highest BCUT2D eigenvalue weighted by molar-refractivity contribution is 7.91. The van der Waals surface area contributed by atoms with Gasteiger partial charge in [-0.05, 0) is 18.1 Å². The maximum atomic E-state index is 12.2. The zero-order chi connectivity index (χ0) is 15.3. The summed E-state index contributed by atoms with van der Waals surface area (Å²) < 4.78 is 32.1. The molecule has 6 nitrogen and oxygen atoms in total. The number of carboxylic acid groups (broad SMARTS) is 1. The van der Waals surface area contributed by atoms with Crippen LogP contribution in [0.5, 0.6) is 0 Å². The minimum Gasteiger partial charge on any atom is -0.481 e. The standard InChI is InChI=1S/C12H19NO5S2/c1-8(2)10(7-18-3)13-20(16,17)12-5-4-9(19-12)6-11(14)15/h4-5,8,10,13H,6-7H2,1-3H3,(H,14,15). The molecule has 0 aliphatic rings. The van der Waals surface area contributed by atoms with Gasteiger partial charge in [-0.2, -0.15) is 0 Å². The maximum absolute atomic E-state index is 12.2. The molecule has 0 spiro atoms. The van der Waals surface area contributed by atoms with Gasteiger partial charge in [0, 0.05) is 18.0 Å². The van der Waals surface area contributed by atoms with Crippen LogP contribution >= 0.6 is 11.3 Å². The number of methoxy groups -OCH3 is 1. The van der Waals surface area contributed by atoms with Crippen molar-refractivity contribution in [3.63, 3.8) is 0 Å². The van der Waals surface area contributed by atoms with Crippen LogP contribution in [0.4, 0.5) is 0 Å². The van der Waals surface area contributed by atoms with E-state index in [9.17, 15) is 13.2 Å². The van der Waals surface area contributed by atoms with Crippen LogP contribution in [0, 0.1) is 5.92 Å². The van der Waals surface area contributed by atoms with Crippen LogP contribution in [0.2, 0.25) is 0 Å². The summed E-state index contributed by atoms with van der Waals surface area (Å²) in [5.41, 5.74) is 0. The molecule has 0 bridgehead atoms. The van der Waals surface area contributed by atoms with Gasteiger partial charge >= 0.3 is 5.97 Å². The van der Waals surface area contributed by atoms with E-state index in [4.69, 9.17) is 9.84 Å². The molecule has 1 atom stereocenters. The van der Waals surface area contributed by atoms with Crippen molar-refractivity contribution >= 4 is 27.3 Å². The highest BCUT2D eigenvalue weighted by atomic mass is 32.2. The van der Waals surface area contributed by atoms with Gasteiger partial charge in [0.25, 0.3) is 0 Å². The highest BCUT2D eigenvalue weighted by Crippen LogP contribution is 2.22. The lowest BCUT2D eigenvalue weighted by Gasteiger charge is -2.20. The summed E-state index contributed by atoms with van der Waals surface area (Å²) in [6.45, 7) is 4.08. The monoisotopic (exact) mass is 321 g/mol. The van der Waals surface area contributed by atoms with Gasteiger partial charge in [-0.1, -0.05) is 13.8 Å². The Hall–Kier alpha value is -0.960. The summed E-state index contributed by atoms with van der Waals surface area (Å²) in [6.07, 6.45) is -0.175. The fourth-order valence-electron chi connectivity index (χ4n) is 1.55. The summed E-state index contributed by atoms with van der Waals surface area (Å²) in [6, 6.07) is 2.62. The van der Waals surface area contributed by atoms with Crippen molar-refractivity contribution in [1.29, 1.82) is 0 Å². The van der Waals surface area contributed by atoms with Gasteiger partial charge in [-0.25, -0.2) is 13.1 Å². The second-order valence-corrected chi connectivity index (χ2v) is 7.83. The van der Waals surface area contributed by atoms with E-state index in [-0.39, 0.29) is 29.2 Å². The first-order valence-electron chi connectivity index (χ1n) is 6.08. The van der Waals surface area contributed by atoms with Gasteiger partial charge in [0.1, 0.15) is 4.21 Å². The first-order valence-corrected chi connectivity index (χ1v) is 8.38. The molecular weight excluding hydrogens is 302 g/mol. The Bertz CT molecular complexity index is 550. The van der Waals surface area contributed by atoms with Crippen LogP contribution in [0.15, 0.2) is 16.3 Å². The Kier molecular flexibility index (Phi) is 6.12. The Balaban J connectivity index is 2.87. The largest absolute Gasteiger partial charge is 0.481 e. The Morgan fingerprint density at radius 3 is 2.60 bits per heavy atom. The molecule has 0 saturated heterocycles. The van der Waals surface area contributed by atoms with Crippen molar-refractivity contribution in [2.75, 3.05) is 13.7 Å². The van der Waals surface area contributed by atoms with E-state index in [0.29, 0.717) is 4.88 Å². The van der Waals surface area contributed by atoms with E-state index in [0.717, 1.165) is 11.3 Å². The molecule has 0 amide bonds. The lowest BCUT2D eigenvalue weighted by molar-refractivity contribution is -0.136. The molecule has 1 aromatic rings. The number of thiophene rings is 1. The molecule has 0 aromatic carbocycles. The molecule has 1 rings (SSSR count). The zero-order valence-corrected chi connectivity index (χ0v) is 13.3. The third-order valence-corrected chi connectivity index (χ3v) is 5.75. The van der Waals surface area contributed by atoms with Crippen molar-refractivity contribution in [2.45, 2.75) is 30.5 Å². The summed E-state index contributed by atoms with van der Waals surface area (Å²) in [5, 5.41) is 8.69. The average Bonchev–Trinajstić information content (AvgIpc) is 2.76. The lowest BCUT2D eigenvalue weighted by Crippen LogP contribution is -2.41. The van der Waals surface area contributed by atoms with Gasteiger partial charge in [0.2, 0.25) is 10.0 Å². The van der Waals surface area contributed by atoms with Gasteiger partial charge < -0.3 is 9.84 Å². The quantitative estimate of drug-likeness (QED) is 0.753. The first kappa shape index (κ1) is 17.1. The molecule has 0 saturated carbocycles. The number of carbonyl (C=O) groups is 1. The van der Waals surface area contributed by atoms with Crippen LogP contribution in [0.1, 0.15) is 18.7 Å². The van der Waals surface area contributed by atoms with Crippen LogP contribution in [-0.4, -0.2) is 39.3 Å². The number of aliphatic carboxylic acids is 1. The molecular formula is C12H19NO5S2. The number of carboxylic acids is 1. The van der Waals surface area contributed by atoms with Gasteiger partial charge in [0.05, 0.1) is 13.0 Å². The van der Waals surface area contributed by atoms with Crippen LogP contribution in [-0.2, 0) is 26.0 Å². The topological polar surface area (TPSA) is 92.7 Å². The van der Waals surface area contributed by atoms with Crippen LogP contribution in [0.3, 0.4) is 0 Å². The molecule has 1 aromatic heterocycles. The summed E-state index contributed by atoms with van der Waals surface area (Å²) >= 11 is 0.968. The van der Waals surface area contributed by atoms with Crippen molar-refractivity contribution in [2.24, 2.45) is 5.92 Å². The maximum Gasteiger partial charge on any atom is 0.308 e. The molecule has 2 N–H and O–H groups in total. The Morgan fingerprint density at radius 1 is 1.45 bits per heavy atom. The minimum absolute atomic E-state index is 0.0863. The highest BCUT2D eigenvalue weighted by Gasteiger charge is 2.24. The predicted octanol–water partition coefficient (Wildman–Crippen LogP) is 1.32. The second kappa shape index (κ2) is 7.16. The Labute approximate surface area is 122 Å². The lowest BCUT2D eigenvalue weighted by atomic mass is 10.1. The number of rotatable bonds is 8. The van der Waals surface area contributed by atoms with E-state index in [1.165, 1.54) is 19.2 Å². The minimum atomic E-state index is -3.65. The normalized spacial score (nSPS) is 13.6. The summed E-state index contributed by atoms with van der Waals surface area (Å²) in [7, 11) is -2.13. The number of ether oxygens (including phenoxy) is 1. The van der Waals surface area contributed by atoms with Crippen molar-refractivity contribution in [3.05, 3.63) is 17.0 Å². The number of sulfonamides is 1. The molecule has 0 aliphatic heterocycles. The third kappa shape index (κ3) is 4.86. The molecule has 8 heteroatoms. The van der Waals surface area contributed by atoms with E-state index in [2.05, 4.69) is 4.72 Å². The SMILES string of the molecule is COCC(NS(=O)(=O)c1ccc(CC(=O)O)s1)C(C)C. The summed E-state index contributed by atoms with van der Waals surface area (Å²) in [5.74, 6) is -0.897. The Morgan fingerprint density at radius 2 is 2.10 bits per heavy atom. The van der Waals surface area contributed by atoms with Crippen molar-refractivity contribution in [1.82, 2.24) is 4.72 Å². The molecule has 20 heavy (non-hydrogen) atoms. The van der Waals surface area contributed by atoms with Crippen molar-refractivity contribution < 1.29 is 23.1 Å². The third-order valence-electron chi connectivity index (χ3n) is 2.68. The molecule has 1 heterocycles. The second-order valence-electron chi connectivity index (χ2n) is 4.72. The van der Waals surface area contributed by atoms with E-state index >= 15 is 0 Å². The van der Waals surface area contributed by atoms with Crippen LogP contribution < -0.4 is 4.72 Å². The number of hydrogen-bond acceptors (Lipinski definition) is 5. The summed E-state index contributed by atoms with van der Waals surface area (Å²) in [4.78, 5) is 11.1. The van der Waals surface area contributed by atoms with Crippen LogP contribution in [0.25, 0.3) is 0 Å². The molecule has 0 aliphatic carbocycles. The molecule has 0 fully saturated rings. The fraction of sp³-hybridized carbons (Fsp3) is 0.583.